The number of anilines is 2. The molecule has 200 valence electrons. The van der Waals surface area contributed by atoms with Gasteiger partial charge in [-0.05, 0) is 48.9 Å². The second kappa shape index (κ2) is 9.71. The van der Waals surface area contributed by atoms with Crippen molar-refractivity contribution < 1.29 is 26.7 Å². The molecule has 0 fully saturated rings. The van der Waals surface area contributed by atoms with Crippen LogP contribution in [0.5, 0.6) is 11.5 Å². The van der Waals surface area contributed by atoms with Crippen LogP contribution >= 0.6 is 11.6 Å². The number of nitrogens with one attached hydrogen (secondary N) is 2. The number of benzene rings is 3. The number of rotatable bonds is 7. The van der Waals surface area contributed by atoms with Gasteiger partial charge in [0, 0.05) is 28.1 Å². The fourth-order valence-corrected chi connectivity index (χ4v) is 4.85. The topological polar surface area (TPSA) is 132 Å². The molecule has 0 radical (unpaired) electrons. The maximum Gasteiger partial charge on any atom is 0.229 e. The monoisotopic (exact) mass is 571 g/mol. The molecule has 0 aliphatic carbocycles. The number of hydrogen-bond donors (Lipinski definition) is 3. The molecule has 4 N–H and O–H groups in total. The number of nitrogens with zero attached hydrogens (tertiary/aromatic N) is 2. The molecule has 0 saturated heterocycles. The fourth-order valence-electron chi connectivity index (χ4n) is 4.11. The predicted molar refractivity (Wildman–Crippen MR) is 144 cm³/mol. The number of ketones is 1. The molecule has 0 spiro atoms. The molecule has 0 aliphatic heterocycles. The lowest BCUT2D eigenvalue weighted by Gasteiger charge is -2.13. The molecule has 5 aromatic rings. The number of H-pyrrole nitrogens is 1. The standard InChI is InChI=1S/C26H20ClF2N5O4S/c1-13-6-17(38-16-5-3-4-15(27)9-16)10-20(29)24(13)34-26(30)18(12-31-34)25(35)23-8-14-7-22(33-39(2,36)37)19(28)11-21(14)32-23/h3-12,32-33H,30H2,1-2H3. The van der Waals surface area contributed by atoms with Crippen LogP contribution in [-0.4, -0.2) is 35.2 Å². The van der Waals surface area contributed by atoms with Gasteiger partial charge in [-0.1, -0.05) is 17.7 Å². The molecule has 0 amide bonds. The van der Waals surface area contributed by atoms with E-state index in [9.17, 15) is 17.6 Å². The minimum atomic E-state index is -3.72. The number of carbonyl (C=O) groups is 1. The first kappa shape index (κ1) is 26.2. The average molecular weight is 572 g/mol. The van der Waals surface area contributed by atoms with Crippen molar-refractivity contribution >= 4 is 49.8 Å². The lowest BCUT2D eigenvalue weighted by Crippen LogP contribution is -2.10. The number of aromatic nitrogens is 3. The second-order valence-electron chi connectivity index (χ2n) is 8.79. The molecule has 0 bridgehead atoms. The van der Waals surface area contributed by atoms with Crippen LogP contribution in [0.4, 0.5) is 20.3 Å². The van der Waals surface area contributed by atoms with E-state index >= 15 is 4.39 Å². The minimum Gasteiger partial charge on any atom is -0.457 e. The van der Waals surface area contributed by atoms with E-state index in [1.54, 1.807) is 37.3 Å². The Morgan fingerprint density at radius 1 is 1.10 bits per heavy atom. The number of aryl methyl sites for hydroxylation is 1. The molecule has 0 saturated carbocycles. The van der Waals surface area contributed by atoms with Gasteiger partial charge in [0.05, 0.1) is 29.4 Å². The summed E-state index contributed by atoms with van der Waals surface area (Å²) in [5.41, 5.74) is 6.72. The molecule has 0 aliphatic rings. The fraction of sp³-hybridized carbons (Fsp3) is 0.0769. The number of carbonyl (C=O) groups excluding carboxylic acids is 1. The lowest BCUT2D eigenvalue weighted by atomic mass is 10.1. The highest BCUT2D eigenvalue weighted by Gasteiger charge is 2.23. The molecule has 2 aromatic heterocycles. The third-order valence-corrected chi connectivity index (χ3v) is 6.60. The molecule has 5 rings (SSSR count). The average Bonchev–Trinajstić information content (AvgIpc) is 3.41. The van der Waals surface area contributed by atoms with Crippen molar-refractivity contribution in [3.63, 3.8) is 0 Å². The van der Waals surface area contributed by atoms with Crippen molar-refractivity contribution in [1.29, 1.82) is 0 Å². The van der Waals surface area contributed by atoms with Gasteiger partial charge in [0.25, 0.3) is 0 Å². The maximum absolute atomic E-state index is 15.2. The first-order valence-corrected chi connectivity index (χ1v) is 13.6. The number of nitrogen functional groups attached to an aromatic ring is 1. The Morgan fingerprint density at radius 3 is 2.56 bits per heavy atom. The van der Waals surface area contributed by atoms with Gasteiger partial charge in [-0.15, -0.1) is 0 Å². The first-order chi connectivity index (χ1) is 18.4. The molecular weight excluding hydrogens is 552 g/mol. The first-order valence-electron chi connectivity index (χ1n) is 11.3. The number of fused-ring (bicyclic) bond motifs is 1. The minimum absolute atomic E-state index is 0.0189. The number of ether oxygens (including phenoxy) is 1. The van der Waals surface area contributed by atoms with Crippen molar-refractivity contribution in [3.8, 4) is 17.2 Å². The molecule has 3 aromatic carbocycles. The van der Waals surface area contributed by atoms with E-state index < -0.39 is 27.4 Å². The van der Waals surface area contributed by atoms with Gasteiger partial charge >= 0.3 is 0 Å². The van der Waals surface area contributed by atoms with Crippen LogP contribution in [0.3, 0.4) is 0 Å². The van der Waals surface area contributed by atoms with Crippen molar-refractivity contribution in [1.82, 2.24) is 14.8 Å². The Morgan fingerprint density at radius 2 is 1.87 bits per heavy atom. The zero-order valence-corrected chi connectivity index (χ0v) is 22.0. The summed E-state index contributed by atoms with van der Waals surface area (Å²) in [6, 6.07) is 13.2. The molecule has 13 heteroatoms. The highest BCUT2D eigenvalue weighted by atomic mass is 35.5. The summed E-state index contributed by atoms with van der Waals surface area (Å²) in [7, 11) is -3.72. The zero-order chi connectivity index (χ0) is 28.1. The highest BCUT2D eigenvalue weighted by molar-refractivity contribution is 7.92. The number of aromatic amines is 1. The van der Waals surface area contributed by atoms with Crippen LogP contribution in [0, 0.1) is 18.6 Å². The molecule has 2 heterocycles. The molecule has 0 atom stereocenters. The van der Waals surface area contributed by atoms with Gasteiger partial charge in [-0.2, -0.15) is 5.10 Å². The number of hydrogen-bond acceptors (Lipinski definition) is 6. The van der Waals surface area contributed by atoms with Crippen molar-refractivity contribution in [2.24, 2.45) is 0 Å². The van der Waals surface area contributed by atoms with Gasteiger partial charge in [0.15, 0.2) is 5.82 Å². The molecule has 9 nitrogen and oxygen atoms in total. The summed E-state index contributed by atoms with van der Waals surface area (Å²) >= 11 is 5.98. The normalized spacial score (nSPS) is 11.6. The Balaban J connectivity index is 1.46. The summed E-state index contributed by atoms with van der Waals surface area (Å²) in [6.07, 6.45) is 2.10. The third-order valence-electron chi connectivity index (χ3n) is 5.77. The van der Waals surface area contributed by atoms with E-state index in [1.165, 1.54) is 24.4 Å². The Hall–Kier alpha value is -4.42. The van der Waals surface area contributed by atoms with E-state index in [-0.39, 0.29) is 39.7 Å². The lowest BCUT2D eigenvalue weighted by molar-refractivity contribution is 0.103. The Labute approximate surface area is 226 Å². The number of halogens is 3. The van der Waals surface area contributed by atoms with E-state index in [4.69, 9.17) is 22.1 Å². The van der Waals surface area contributed by atoms with E-state index in [1.807, 2.05) is 0 Å². The van der Waals surface area contributed by atoms with Crippen LogP contribution in [0.25, 0.3) is 16.6 Å². The largest absolute Gasteiger partial charge is 0.457 e. The zero-order valence-electron chi connectivity index (χ0n) is 20.4. The summed E-state index contributed by atoms with van der Waals surface area (Å²) in [6.45, 7) is 1.64. The maximum atomic E-state index is 15.2. The van der Waals surface area contributed by atoms with Gasteiger partial charge in [0.1, 0.15) is 28.8 Å². The SMILES string of the molecule is Cc1cc(Oc2cccc(Cl)c2)cc(F)c1-n1ncc(C(=O)c2cc3cc(NS(C)(=O)=O)c(F)cc3[nH]2)c1N. The van der Waals surface area contributed by atoms with Crippen molar-refractivity contribution in [3.05, 3.63) is 94.3 Å². The van der Waals surface area contributed by atoms with Crippen LogP contribution in [0.1, 0.15) is 21.6 Å². The van der Waals surface area contributed by atoms with Gasteiger partial charge in [0.2, 0.25) is 15.8 Å². The molecule has 39 heavy (non-hydrogen) atoms. The summed E-state index contributed by atoms with van der Waals surface area (Å²) in [4.78, 5) is 16.0. The molecular formula is C26H20ClF2N5O4S. The highest BCUT2D eigenvalue weighted by Crippen LogP contribution is 2.32. The van der Waals surface area contributed by atoms with Gasteiger partial charge in [-0.3, -0.25) is 9.52 Å². The van der Waals surface area contributed by atoms with Crippen LogP contribution in [0.2, 0.25) is 5.02 Å². The summed E-state index contributed by atoms with van der Waals surface area (Å²) in [5, 5.41) is 4.97. The number of sulfonamides is 1. The van der Waals surface area contributed by atoms with E-state index in [0.717, 1.165) is 17.0 Å². The van der Waals surface area contributed by atoms with Crippen LogP contribution in [-0.2, 0) is 10.0 Å². The van der Waals surface area contributed by atoms with Crippen molar-refractivity contribution in [2.75, 3.05) is 16.7 Å². The van der Waals surface area contributed by atoms with Crippen LogP contribution < -0.4 is 15.2 Å². The third kappa shape index (κ3) is 5.29. The Kier molecular flexibility index (Phi) is 6.52. The van der Waals surface area contributed by atoms with Crippen LogP contribution in [0.15, 0.2) is 60.8 Å². The predicted octanol–water partition coefficient (Wildman–Crippen LogP) is 5.57. The van der Waals surface area contributed by atoms with Crippen molar-refractivity contribution in [2.45, 2.75) is 6.92 Å². The quantitative estimate of drug-likeness (QED) is 0.219. The smallest absolute Gasteiger partial charge is 0.229 e. The molecule has 0 unspecified atom stereocenters. The van der Waals surface area contributed by atoms with Gasteiger partial charge < -0.3 is 15.5 Å². The number of nitrogens with two attached hydrogens (primary N) is 1. The van der Waals surface area contributed by atoms with Gasteiger partial charge in [-0.25, -0.2) is 21.9 Å². The van der Waals surface area contributed by atoms with E-state index in [2.05, 4.69) is 14.8 Å². The van der Waals surface area contributed by atoms with E-state index in [0.29, 0.717) is 21.7 Å². The summed E-state index contributed by atoms with van der Waals surface area (Å²) in [5.74, 6) is -1.55. The summed E-state index contributed by atoms with van der Waals surface area (Å²) < 4.78 is 61.5. The second-order valence-corrected chi connectivity index (χ2v) is 11.0. The Bertz CT molecular complexity index is 1860.